The molecule has 1 N–H and O–H groups in total. The molecule has 0 aromatic heterocycles. The van der Waals surface area contributed by atoms with Crippen LogP contribution in [0.1, 0.15) is 46.5 Å². The molecule has 1 heterocycles. The van der Waals surface area contributed by atoms with Crippen LogP contribution in [0.4, 0.5) is 0 Å². The Kier molecular flexibility index (Phi) is 7.63. The van der Waals surface area contributed by atoms with Gasteiger partial charge in [0.1, 0.15) is 0 Å². The highest BCUT2D eigenvalue weighted by Crippen LogP contribution is 2.17. The quantitative estimate of drug-likeness (QED) is 0.624. The van der Waals surface area contributed by atoms with Crippen LogP contribution in [0.2, 0.25) is 0 Å². The molecule has 1 rings (SSSR count). The van der Waals surface area contributed by atoms with Crippen LogP contribution >= 0.6 is 0 Å². The molecule has 9 nitrogen and oxygen atoms in total. The first-order valence-corrected chi connectivity index (χ1v) is 7.77. The Morgan fingerprint density at radius 3 is 2.38 bits per heavy atom. The molecule has 0 radical (unpaired) electrons. The third kappa shape index (κ3) is 6.53. The molecule has 24 heavy (non-hydrogen) atoms. The maximum atomic E-state index is 11.6. The van der Waals surface area contributed by atoms with Crippen molar-refractivity contribution in [1.82, 2.24) is 5.06 Å². The fraction of sp³-hybridized carbons (Fsp3) is 0.733. The summed E-state index contributed by atoms with van der Waals surface area (Å²) in [7, 11) is 0. The lowest BCUT2D eigenvalue weighted by atomic mass is 10.2. The molecule has 0 bridgehead atoms. The molecular weight excluding hydrogens is 322 g/mol. The second-order valence-corrected chi connectivity index (χ2v) is 5.86. The molecule has 1 amide bonds. The minimum Gasteiger partial charge on any atom is -0.463 e. The highest BCUT2D eigenvalue weighted by Gasteiger charge is 2.33. The first-order valence-electron chi connectivity index (χ1n) is 7.77. The lowest BCUT2D eigenvalue weighted by molar-refractivity contribution is -0.220. The number of nitrogens with zero attached hydrogens (tertiary/aromatic N) is 1. The maximum Gasteiger partial charge on any atom is 0.347 e. The van der Waals surface area contributed by atoms with E-state index in [0.29, 0.717) is 5.06 Å². The Hall–Kier alpha value is -2.16. The third-order valence-corrected chi connectivity index (χ3v) is 3.07. The zero-order valence-electron chi connectivity index (χ0n) is 14.0. The fourth-order valence-electron chi connectivity index (χ4n) is 1.79. The first-order chi connectivity index (χ1) is 11.2. The van der Waals surface area contributed by atoms with E-state index in [-0.39, 0.29) is 38.2 Å². The number of hydroxylamine groups is 2. The first kappa shape index (κ1) is 19.9. The van der Waals surface area contributed by atoms with Gasteiger partial charge in [-0.2, -0.15) is 0 Å². The second-order valence-electron chi connectivity index (χ2n) is 5.86. The summed E-state index contributed by atoms with van der Waals surface area (Å²) in [6.07, 6.45) is -2.63. The van der Waals surface area contributed by atoms with Crippen LogP contribution in [0.3, 0.4) is 0 Å². The van der Waals surface area contributed by atoms with Gasteiger partial charge < -0.3 is 19.4 Å². The Bertz CT molecular complexity index is 490. The van der Waals surface area contributed by atoms with Crippen LogP contribution in [0.25, 0.3) is 0 Å². The van der Waals surface area contributed by atoms with Crippen molar-refractivity contribution in [1.29, 1.82) is 0 Å². The van der Waals surface area contributed by atoms with Gasteiger partial charge in [-0.15, -0.1) is 5.06 Å². The van der Waals surface area contributed by atoms with Gasteiger partial charge in [0.25, 0.3) is 5.91 Å². The summed E-state index contributed by atoms with van der Waals surface area (Å²) >= 11 is 0. The average molecular weight is 345 g/mol. The van der Waals surface area contributed by atoms with E-state index in [1.807, 2.05) is 13.8 Å². The standard InChI is InChI=1S/C15H23NO8/c1-9(2)8-22-15(21)10(3)23-13(19)6-7-14(20)24-16-11(17)4-5-12(16)18/h9-11,17H,4-8H2,1-3H3/t10-,11?/m0/s1. The minimum absolute atomic E-state index is 0.0898. The van der Waals surface area contributed by atoms with Crippen molar-refractivity contribution in [2.75, 3.05) is 6.61 Å². The molecule has 1 aliphatic heterocycles. The molecule has 1 fully saturated rings. The van der Waals surface area contributed by atoms with Crippen molar-refractivity contribution in [2.45, 2.75) is 58.8 Å². The van der Waals surface area contributed by atoms with E-state index in [4.69, 9.17) is 14.3 Å². The van der Waals surface area contributed by atoms with Crippen LogP contribution in [0.5, 0.6) is 0 Å². The van der Waals surface area contributed by atoms with Crippen molar-refractivity contribution in [3.05, 3.63) is 0 Å². The van der Waals surface area contributed by atoms with Gasteiger partial charge in [0.05, 0.1) is 19.4 Å². The number of aliphatic hydroxyl groups excluding tert-OH is 1. The van der Waals surface area contributed by atoms with Gasteiger partial charge >= 0.3 is 17.9 Å². The topological polar surface area (TPSA) is 119 Å². The lowest BCUT2D eigenvalue weighted by Crippen LogP contribution is -2.35. The highest BCUT2D eigenvalue weighted by atomic mass is 16.7. The van der Waals surface area contributed by atoms with E-state index in [0.717, 1.165) is 0 Å². The number of esters is 2. The summed E-state index contributed by atoms with van der Waals surface area (Å²) in [6.45, 7) is 5.34. The molecule has 0 aliphatic carbocycles. The summed E-state index contributed by atoms with van der Waals surface area (Å²) in [6, 6.07) is 0. The van der Waals surface area contributed by atoms with Crippen LogP contribution in [0, 0.1) is 5.92 Å². The summed E-state index contributed by atoms with van der Waals surface area (Å²) in [4.78, 5) is 50.8. The van der Waals surface area contributed by atoms with Crippen LogP contribution in [-0.4, -0.2) is 52.9 Å². The van der Waals surface area contributed by atoms with Crippen molar-refractivity contribution < 1.29 is 38.6 Å². The van der Waals surface area contributed by atoms with Crippen LogP contribution < -0.4 is 0 Å². The molecule has 1 unspecified atom stereocenters. The zero-order chi connectivity index (χ0) is 18.3. The Morgan fingerprint density at radius 2 is 1.83 bits per heavy atom. The van der Waals surface area contributed by atoms with E-state index in [2.05, 4.69) is 0 Å². The minimum atomic E-state index is -1.16. The van der Waals surface area contributed by atoms with Gasteiger partial charge in [-0.05, 0) is 12.8 Å². The molecule has 0 aromatic rings. The maximum absolute atomic E-state index is 11.6. The van der Waals surface area contributed by atoms with E-state index in [9.17, 15) is 24.3 Å². The largest absolute Gasteiger partial charge is 0.463 e. The Morgan fingerprint density at radius 1 is 1.21 bits per heavy atom. The van der Waals surface area contributed by atoms with Gasteiger partial charge in [0, 0.05) is 12.8 Å². The summed E-state index contributed by atoms with van der Waals surface area (Å²) in [5, 5.41) is 10.0. The SMILES string of the molecule is CC(C)COC(=O)[C@H](C)OC(=O)CCC(=O)ON1C(=O)CCC1O. The summed E-state index contributed by atoms with van der Waals surface area (Å²) in [5.74, 6) is -2.62. The number of hydrogen-bond acceptors (Lipinski definition) is 8. The molecule has 0 aromatic carbocycles. The molecular formula is C15H23NO8. The Labute approximate surface area is 139 Å². The summed E-state index contributed by atoms with van der Waals surface area (Å²) < 4.78 is 9.78. The van der Waals surface area contributed by atoms with Crippen molar-refractivity contribution in [3.63, 3.8) is 0 Å². The van der Waals surface area contributed by atoms with E-state index < -0.39 is 36.1 Å². The third-order valence-electron chi connectivity index (χ3n) is 3.07. The monoisotopic (exact) mass is 345 g/mol. The molecule has 0 saturated carbocycles. The average Bonchev–Trinajstić information content (AvgIpc) is 2.82. The van der Waals surface area contributed by atoms with E-state index >= 15 is 0 Å². The van der Waals surface area contributed by atoms with E-state index in [1.54, 1.807) is 0 Å². The normalized spacial score (nSPS) is 18.5. The molecule has 136 valence electrons. The van der Waals surface area contributed by atoms with Crippen LogP contribution in [0.15, 0.2) is 0 Å². The molecule has 0 spiro atoms. The van der Waals surface area contributed by atoms with Gasteiger partial charge in [0.2, 0.25) is 0 Å². The molecule has 9 heteroatoms. The predicted octanol–water partition coefficient (Wildman–Crippen LogP) is 0.296. The van der Waals surface area contributed by atoms with Gasteiger partial charge in [-0.25, -0.2) is 9.59 Å². The molecule has 1 aliphatic rings. The van der Waals surface area contributed by atoms with Crippen molar-refractivity contribution >= 4 is 23.8 Å². The zero-order valence-corrected chi connectivity index (χ0v) is 14.0. The number of amides is 1. The highest BCUT2D eigenvalue weighted by molar-refractivity contribution is 5.83. The Balaban J connectivity index is 2.28. The number of rotatable bonds is 8. The van der Waals surface area contributed by atoms with Crippen molar-refractivity contribution in [3.8, 4) is 0 Å². The second kappa shape index (κ2) is 9.21. The van der Waals surface area contributed by atoms with Crippen molar-refractivity contribution in [2.24, 2.45) is 5.92 Å². The summed E-state index contributed by atoms with van der Waals surface area (Å²) in [5.41, 5.74) is 0. The fourth-order valence-corrected chi connectivity index (χ4v) is 1.79. The van der Waals surface area contributed by atoms with Gasteiger partial charge in [-0.3, -0.25) is 9.59 Å². The lowest BCUT2D eigenvalue weighted by Gasteiger charge is -2.18. The number of aliphatic hydroxyl groups is 1. The number of hydrogen-bond donors (Lipinski definition) is 1. The molecule has 2 atom stereocenters. The smallest absolute Gasteiger partial charge is 0.347 e. The van der Waals surface area contributed by atoms with Gasteiger partial charge in [-0.1, -0.05) is 13.8 Å². The molecule has 1 saturated heterocycles. The van der Waals surface area contributed by atoms with E-state index in [1.165, 1.54) is 6.92 Å². The number of ether oxygens (including phenoxy) is 2. The van der Waals surface area contributed by atoms with Gasteiger partial charge in [0.15, 0.2) is 12.3 Å². The predicted molar refractivity (Wildman–Crippen MR) is 78.8 cm³/mol. The number of carbonyl (C=O) groups excluding carboxylic acids is 4. The number of carbonyl (C=O) groups is 4. The van der Waals surface area contributed by atoms with Crippen LogP contribution in [-0.2, 0) is 33.5 Å².